The number of amides is 2. The van der Waals surface area contributed by atoms with Crippen LogP contribution in [0.3, 0.4) is 0 Å². The lowest BCUT2D eigenvalue weighted by atomic mass is 10.0. The van der Waals surface area contributed by atoms with Crippen LogP contribution >= 0.6 is 0 Å². The van der Waals surface area contributed by atoms with E-state index >= 15 is 0 Å². The van der Waals surface area contributed by atoms with Crippen LogP contribution in [0, 0.1) is 0 Å². The molecule has 2 amide bonds. The molecule has 3 aliphatic rings. The van der Waals surface area contributed by atoms with Crippen molar-refractivity contribution in [3.63, 3.8) is 0 Å². The van der Waals surface area contributed by atoms with Crippen LogP contribution in [-0.2, 0) is 22.6 Å². The lowest BCUT2D eigenvalue weighted by Crippen LogP contribution is -2.39. The molecule has 0 unspecified atom stereocenters. The van der Waals surface area contributed by atoms with Gasteiger partial charge in [-0.3, -0.25) is 14.5 Å². The van der Waals surface area contributed by atoms with Crippen molar-refractivity contribution in [1.29, 1.82) is 0 Å². The average molecular weight is 387 g/mol. The van der Waals surface area contributed by atoms with Crippen LogP contribution in [-0.4, -0.2) is 76.3 Å². The van der Waals surface area contributed by atoms with Gasteiger partial charge in [0.25, 0.3) is 0 Å². The van der Waals surface area contributed by atoms with E-state index in [1.807, 2.05) is 16.8 Å². The first-order valence-corrected chi connectivity index (χ1v) is 10.4. The molecule has 8 nitrogen and oxygen atoms in total. The smallest absolute Gasteiger partial charge is 0.236 e. The number of likely N-dealkylation sites (tertiary alicyclic amines) is 2. The van der Waals surface area contributed by atoms with Crippen molar-refractivity contribution in [3.8, 4) is 0 Å². The zero-order valence-electron chi connectivity index (χ0n) is 16.9. The highest BCUT2D eigenvalue weighted by atomic mass is 16.2. The topological polar surface area (TPSA) is 81.7 Å². The molecule has 0 saturated carbocycles. The van der Waals surface area contributed by atoms with Gasteiger partial charge in [0.05, 0.1) is 24.8 Å². The Morgan fingerprint density at radius 2 is 1.86 bits per heavy atom. The molecule has 0 bridgehead atoms. The highest BCUT2D eigenvalue weighted by Gasteiger charge is 2.33. The molecule has 1 N–H and O–H groups in total. The van der Waals surface area contributed by atoms with Gasteiger partial charge in [0, 0.05) is 39.2 Å². The Labute approximate surface area is 166 Å². The molecule has 2 fully saturated rings. The lowest BCUT2D eigenvalue weighted by Gasteiger charge is -2.30. The summed E-state index contributed by atoms with van der Waals surface area (Å²) in [6.45, 7) is 5.97. The van der Waals surface area contributed by atoms with E-state index in [1.54, 1.807) is 6.92 Å². The maximum Gasteiger partial charge on any atom is 0.236 e. The van der Waals surface area contributed by atoms with Crippen molar-refractivity contribution in [2.45, 2.75) is 51.6 Å². The second-order valence-electron chi connectivity index (χ2n) is 8.01. The summed E-state index contributed by atoms with van der Waals surface area (Å²) < 4.78 is 0. The predicted octanol–water partition coefficient (Wildman–Crippen LogP) is 1.18. The first-order chi connectivity index (χ1) is 13.6. The quantitative estimate of drug-likeness (QED) is 0.837. The summed E-state index contributed by atoms with van der Waals surface area (Å²) in [4.78, 5) is 40.2. The van der Waals surface area contributed by atoms with Gasteiger partial charge in [-0.25, -0.2) is 9.97 Å². The Kier molecular flexibility index (Phi) is 5.48. The first-order valence-electron chi connectivity index (χ1n) is 10.4. The van der Waals surface area contributed by atoms with Gasteiger partial charge < -0.3 is 15.1 Å². The van der Waals surface area contributed by atoms with E-state index in [0.717, 1.165) is 74.6 Å². The monoisotopic (exact) mass is 386 g/mol. The molecule has 8 heteroatoms. The Morgan fingerprint density at radius 1 is 1.07 bits per heavy atom. The number of fused-ring (bicyclic) bond motifs is 1. The fourth-order valence-corrected chi connectivity index (χ4v) is 4.62. The second kappa shape index (κ2) is 8.03. The standard InChI is InChI=1S/C20H30N6O2/c1-14(27)25-11-7-15-16(12-25)22-20(23-19(15)21-2)17-6-5-10-26(17)13-18(28)24-8-3-4-9-24/h17H,3-13H2,1-2H3,(H,21,22,23)/t17-/m1/s1. The van der Waals surface area contributed by atoms with Gasteiger partial charge in [-0.05, 0) is 38.6 Å². The molecular weight excluding hydrogens is 356 g/mol. The van der Waals surface area contributed by atoms with Crippen LogP contribution in [0.5, 0.6) is 0 Å². The molecular formula is C20H30N6O2. The third-order valence-corrected chi connectivity index (χ3v) is 6.22. The van der Waals surface area contributed by atoms with Crippen molar-refractivity contribution in [2.75, 3.05) is 45.1 Å². The summed E-state index contributed by atoms with van der Waals surface area (Å²) >= 11 is 0. The molecule has 152 valence electrons. The molecule has 4 heterocycles. The van der Waals surface area contributed by atoms with Crippen LogP contribution in [0.2, 0.25) is 0 Å². The third-order valence-electron chi connectivity index (χ3n) is 6.22. The van der Waals surface area contributed by atoms with E-state index in [2.05, 4.69) is 10.2 Å². The fraction of sp³-hybridized carbons (Fsp3) is 0.700. The van der Waals surface area contributed by atoms with Gasteiger partial charge in [-0.1, -0.05) is 0 Å². The van der Waals surface area contributed by atoms with E-state index in [9.17, 15) is 9.59 Å². The summed E-state index contributed by atoms with van der Waals surface area (Å²) in [7, 11) is 1.88. The van der Waals surface area contributed by atoms with Crippen LogP contribution in [0.4, 0.5) is 5.82 Å². The number of nitrogens with one attached hydrogen (secondary N) is 1. The molecule has 0 radical (unpaired) electrons. The van der Waals surface area contributed by atoms with E-state index in [-0.39, 0.29) is 17.9 Å². The minimum atomic E-state index is 0.0663. The van der Waals surface area contributed by atoms with E-state index in [4.69, 9.17) is 9.97 Å². The highest BCUT2D eigenvalue weighted by molar-refractivity contribution is 5.78. The zero-order chi connectivity index (χ0) is 19.7. The Balaban J connectivity index is 1.56. The molecule has 1 atom stereocenters. The molecule has 2 saturated heterocycles. The summed E-state index contributed by atoms with van der Waals surface area (Å²) in [5.74, 6) is 1.94. The number of carbonyl (C=O) groups is 2. The van der Waals surface area contributed by atoms with E-state index in [1.165, 1.54) is 0 Å². The average Bonchev–Trinajstić information content (AvgIpc) is 3.38. The second-order valence-corrected chi connectivity index (χ2v) is 8.01. The molecule has 0 aromatic carbocycles. The molecule has 28 heavy (non-hydrogen) atoms. The van der Waals surface area contributed by atoms with Gasteiger partial charge in [-0.15, -0.1) is 0 Å². The lowest BCUT2D eigenvalue weighted by molar-refractivity contribution is -0.132. The molecule has 1 aromatic heterocycles. The van der Waals surface area contributed by atoms with Crippen molar-refractivity contribution >= 4 is 17.6 Å². The van der Waals surface area contributed by atoms with Crippen LogP contribution in [0.25, 0.3) is 0 Å². The van der Waals surface area contributed by atoms with Crippen LogP contribution in [0.1, 0.15) is 55.7 Å². The van der Waals surface area contributed by atoms with Crippen molar-refractivity contribution in [1.82, 2.24) is 24.7 Å². The number of rotatable bonds is 4. The number of carbonyl (C=O) groups excluding carboxylic acids is 2. The SMILES string of the molecule is CNc1nc([C@H]2CCCN2CC(=O)N2CCCC2)nc2c1CCN(C(C)=O)C2. The molecule has 1 aromatic rings. The Bertz CT molecular complexity index is 761. The van der Waals surface area contributed by atoms with Crippen molar-refractivity contribution in [3.05, 3.63) is 17.1 Å². The van der Waals surface area contributed by atoms with Gasteiger partial charge in [0.15, 0.2) is 0 Å². The van der Waals surface area contributed by atoms with Crippen molar-refractivity contribution in [2.24, 2.45) is 0 Å². The maximum atomic E-state index is 12.6. The highest BCUT2D eigenvalue weighted by Crippen LogP contribution is 2.33. The largest absolute Gasteiger partial charge is 0.373 e. The number of hydrogen-bond acceptors (Lipinski definition) is 6. The third kappa shape index (κ3) is 3.70. The summed E-state index contributed by atoms with van der Waals surface area (Å²) in [5, 5.41) is 3.22. The number of nitrogens with zero attached hydrogens (tertiary/aromatic N) is 5. The summed E-state index contributed by atoms with van der Waals surface area (Å²) in [6.07, 6.45) is 5.01. The number of anilines is 1. The van der Waals surface area contributed by atoms with Crippen LogP contribution < -0.4 is 5.32 Å². The van der Waals surface area contributed by atoms with Crippen molar-refractivity contribution < 1.29 is 9.59 Å². The molecule has 0 aliphatic carbocycles. The minimum Gasteiger partial charge on any atom is -0.373 e. The Hall–Kier alpha value is -2.22. The Morgan fingerprint density at radius 3 is 2.57 bits per heavy atom. The molecule has 0 spiro atoms. The van der Waals surface area contributed by atoms with Gasteiger partial charge >= 0.3 is 0 Å². The normalized spacial score (nSPS) is 22.4. The van der Waals surface area contributed by atoms with Gasteiger partial charge in [-0.2, -0.15) is 0 Å². The van der Waals surface area contributed by atoms with E-state index in [0.29, 0.717) is 19.6 Å². The van der Waals surface area contributed by atoms with E-state index < -0.39 is 0 Å². The van der Waals surface area contributed by atoms with Gasteiger partial charge in [0.2, 0.25) is 11.8 Å². The van der Waals surface area contributed by atoms with Gasteiger partial charge in [0.1, 0.15) is 11.6 Å². The first kappa shape index (κ1) is 19.1. The predicted molar refractivity (Wildman–Crippen MR) is 106 cm³/mol. The minimum absolute atomic E-state index is 0.0663. The number of aromatic nitrogens is 2. The maximum absolute atomic E-state index is 12.6. The molecule has 4 rings (SSSR count). The number of hydrogen-bond donors (Lipinski definition) is 1. The summed E-state index contributed by atoms with van der Waals surface area (Å²) in [5.41, 5.74) is 2.05. The summed E-state index contributed by atoms with van der Waals surface area (Å²) in [6, 6.07) is 0.0663. The zero-order valence-corrected chi connectivity index (χ0v) is 16.9. The van der Waals surface area contributed by atoms with Crippen LogP contribution in [0.15, 0.2) is 0 Å². The molecule has 3 aliphatic heterocycles. The fourth-order valence-electron chi connectivity index (χ4n) is 4.62.